The van der Waals surface area contributed by atoms with Gasteiger partial charge in [0.2, 0.25) is 0 Å². The lowest BCUT2D eigenvalue weighted by Crippen LogP contribution is -2.55. The Balaban J connectivity index is 1.51. The van der Waals surface area contributed by atoms with E-state index in [1.54, 1.807) is 38.7 Å². The fourth-order valence-electron chi connectivity index (χ4n) is 6.36. The molecule has 3 amide bonds. The second-order valence-electron chi connectivity index (χ2n) is 11.0. The molecule has 46 heavy (non-hydrogen) atoms. The maximum Gasteiger partial charge on any atom is 0.446 e. The van der Waals surface area contributed by atoms with Crippen molar-refractivity contribution >= 4 is 51.2 Å². The number of hydrogen-bond donors (Lipinski definition) is 1. The lowest BCUT2D eigenvalue weighted by atomic mass is 9.69. The molecule has 12 heteroatoms. The summed E-state index contributed by atoms with van der Waals surface area (Å²) in [5, 5.41) is 4.61. The van der Waals surface area contributed by atoms with E-state index < -0.39 is 34.8 Å². The summed E-state index contributed by atoms with van der Waals surface area (Å²) in [7, 11) is 3.13. The zero-order valence-corrected chi connectivity index (χ0v) is 26.1. The number of imide groups is 1. The Kier molecular flexibility index (Phi) is 8.01. The van der Waals surface area contributed by atoms with Crippen LogP contribution in [0.25, 0.3) is 21.8 Å². The molecule has 0 aliphatic carbocycles. The van der Waals surface area contributed by atoms with E-state index in [-0.39, 0.29) is 22.3 Å². The van der Waals surface area contributed by atoms with Crippen LogP contribution in [0, 0.1) is 0 Å². The van der Waals surface area contributed by atoms with Crippen molar-refractivity contribution in [2.75, 3.05) is 19.1 Å². The van der Waals surface area contributed by atoms with Crippen LogP contribution >= 0.6 is 11.8 Å². The van der Waals surface area contributed by atoms with Crippen LogP contribution < -0.4 is 19.7 Å². The van der Waals surface area contributed by atoms with E-state index in [1.165, 1.54) is 24.3 Å². The molecule has 3 heterocycles. The largest absolute Gasteiger partial charge is 0.497 e. The number of ether oxygens (including phenoxy) is 2. The molecule has 1 saturated heterocycles. The van der Waals surface area contributed by atoms with Gasteiger partial charge in [0.05, 0.1) is 30.9 Å². The summed E-state index contributed by atoms with van der Waals surface area (Å²) in [5.74, 6) is -0.510. The molecule has 2 unspecified atom stereocenters. The number of halogens is 3. The third kappa shape index (κ3) is 5.36. The molecular weight excluding hydrogens is 617 g/mol. The Hall–Kier alpha value is -4.84. The first-order chi connectivity index (χ1) is 22.0. The molecule has 236 valence electrons. The van der Waals surface area contributed by atoms with Crippen molar-refractivity contribution < 1.29 is 32.2 Å². The highest BCUT2D eigenvalue weighted by molar-refractivity contribution is 8.00. The molecule has 5 aromatic rings. The molecule has 1 aliphatic rings. The highest BCUT2D eigenvalue weighted by Gasteiger charge is 2.59. The van der Waals surface area contributed by atoms with E-state index in [1.807, 2.05) is 50.2 Å². The Morgan fingerprint density at radius 2 is 1.28 bits per heavy atom. The van der Waals surface area contributed by atoms with Crippen LogP contribution in [0.15, 0.2) is 90.1 Å². The number of methoxy groups -OCH3 is 2. The van der Waals surface area contributed by atoms with E-state index in [4.69, 9.17) is 9.47 Å². The smallest absolute Gasteiger partial charge is 0.446 e. The van der Waals surface area contributed by atoms with Crippen LogP contribution in [0.1, 0.15) is 36.8 Å². The highest BCUT2D eigenvalue weighted by Crippen LogP contribution is 2.48. The lowest BCUT2D eigenvalue weighted by molar-refractivity contribution is -0.123. The number of pyridine rings is 2. The van der Waals surface area contributed by atoms with Crippen LogP contribution in [0.3, 0.4) is 0 Å². The van der Waals surface area contributed by atoms with Gasteiger partial charge in [-0.05, 0) is 83.6 Å². The second-order valence-corrected chi connectivity index (χ2v) is 12.1. The minimum absolute atomic E-state index is 0.0614. The predicted molar refractivity (Wildman–Crippen MR) is 171 cm³/mol. The van der Waals surface area contributed by atoms with Gasteiger partial charge >= 0.3 is 11.5 Å². The van der Waals surface area contributed by atoms with Gasteiger partial charge in [0.1, 0.15) is 17.0 Å². The van der Waals surface area contributed by atoms with E-state index in [2.05, 4.69) is 15.3 Å². The summed E-state index contributed by atoms with van der Waals surface area (Å²) in [6, 6.07) is 19.1. The number of aromatic nitrogens is 2. The molecule has 2 aromatic heterocycles. The van der Waals surface area contributed by atoms with Gasteiger partial charge in [-0.2, -0.15) is 13.2 Å². The predicted octanol–water partition coefficient (Wildman–Crippen LogP) is 7.81. The number of hydrogen-bond acceptors (Lipinski definition) is 7. The first-order valence-corrected chi connectivity index (χ1v) is 15.2. The maximum atomic E-state index is 14.8. The fraction of sp³-hybridized carbons (Fsp3) is 0.235. The molecule has 0 bridgehead atoms. The van der Waals surface area contributed by atoms with E-state index in [0.717, 1.165) is 26.8 Å². The number of carbonyl (C=O) groups is 2. The first kappa shape index (κ1) is 31.2. The topological polar surface area (TPSA) is 93.7 Å². The number of alkyl halides is 3. The number of fused-ring (bicyclic) bond motifs is 2. The van der Waals surface area contributed by atoms with Crippen molar-refractivity contribution in [3.63, 3.8) is 0 Å². The SMILES string of the molecule is COc1ccc2c(C(C)C3(C(C)c4ccnc5cc(OC)ccc45)NC(=O)N(c4ccc(SC(F)(F)F)cc4)C3=O)ccnc2c1. The number of rotatable bonds is 8. The van der Waals surface area contributed by atoms with Gasteiger partial charge in [-0.1, -0.05) is 13.8 Å². The Morgan fingerprint density at radius 1 is 0.783 bits per heavy atom. The molecule has 2 atom stereocenters. The standard InChI is InChI=1S/C34H29F3N4O4S/c1-19(25-13-15-38-29-17-22(44-3)7-11-27(25)29)33(20(2)26-14-16-39-30-18-23(45-4)8-12-28(26)30)31(42)41(32(43)40-33)21-5-9-24(10-6-21)46-34(35,36)37/h5-20H,1-4H3,(H,40,43). The van der Waals surface area contributed by atoms with Crippen molar-refractivity contribution in [2.24, 2.45) is 0 Å². The van der Waals surface area contributed by atoms with Crippen LogP contribution in [0.4, 0.5) is 23.7 Å². The van der Waals surface area contributed by atoms with E-state index in [9.17, 15) is 22.8 Å². The summed E-state index contributed by atoms with van der Waals surface area (Å²) in [4.78, 5) is 38.6. The molecule has 0 radical (unpaired) electrons. The minimum Gasteiger partial charge on any atom is -0.497 e. The average Bonchev–Trinajstić information content (AvgIpc) is 3.32. The van der Waals surface area contributed by atoms with Crippen LogP contribution in [-0.2, 0) is 4.79 Å². The second kappa shape index (κ2) is 11.8. The van der Waals surface area contributed by atoms with Gasteiger partial charge in [0.25, 0.3) is 5.91 Å². The van der Waals surface area contributed by atoms with E-state index >= 15 is 0 Å². The quantitative estimate of drug-likeness (QED) is 0.136. The fourth-order valence-corrected chi connectivity index (χ4v) is 6.90. The summed E-state index contributed by atoms with van der Waals surface area (Å²) in [6.45, 7) is 3.76. The molecule has 8 nitrogen and oxygen atoms in total. The Labute approximate surface area is 266 Å². The maximum absolute atomic E-state index is 14.8. The minimum atomic E-state index is -4.48. The third-order valence-electron chi connectivity index (χ3n) is 8.67. The Bertz CT molecular complexity index is 1880. The van der Waals surface area contributed by atoms with Crippen molar-refractivity contribution in [2.45, 2.75) is 41.6 Å². The summed E-state index contributed by atoms with van der Waals surface area (Å²) < 4.78 is 49.7. The molecule has 1 N–H and O–H groups in total. The summed E-state index contributed by atoms with van der Waals surface area (Å²) in [5.41, 5.74) is -3.00. The molecule has 3 aromatic carbocycles. The molecule has 1 fully saturated rings. The average molecular weight is 647 g/mol. The van der Waals surface area contributed by atoms with Gasteiger partial charge in [0.15, 0.2) is 0 Å². The molecule has 1 aliphatic heterocycles. The monoisotopic (exact) mass is 646 g/mol. The zero-order chi connectivity index (χ0) is 32.8. The number of nitrogens with zero attached hydrogens (tertiary/aromatic N) is 3. The van der Waals surface area contributed by atoms with Crippen LogP contribution in [-0.4, -0.2) is 47.2 Å². The van der Waals surface area contributed by atoms with Gasteiger partial charge in [-0.25, -0.2) is 9.69 Å². The molecule has 6 rings (SSSR count). The van der Waals surface area contributed by atoms with Crippen molar-refractivity contribution in [3.05, 3.63) is 96.3 Å². The lowest BCUT2D eigenvalue weighted by Gasteiger charge is -2.39. The molecule has 0 saturated carbocycles. The first-order valence-electron chi connectivity index (χ1n) is 14.3. The summed E-state index contributed by atoms with van der Waals surface area (Å²) in [6.07, 6.45) is 3.30. The number of amides is 3. The number of urea groups is 1. The van der Waals surface area contributed by atoms with Crippen LogP contribution in [0.2, 0.25) is 0 Å². The normalized spacial score (nSPS) is 18.1. The number of benzene rings is 3. The van der Waals surface area contributed by atoms with Crippen molar-refractivity contribution in [1.82, 2.24) is 15.3 Å². The molecular formula is C34H29F3N4O4S. The van der Waals surface area contributed by atoms with Gasteiger partial charge < -0.3 is 14.8 Å². The van der Waals surface area contributed by atoms with E-state index in [0.29, 0.717) is 22.5 Å². The molecule has 0 spiro atoms. The zero-order valence-electron chi connectivity index (χ0n) is 25.3. The Morgan fingerprint density at radius 3 is 1.74 bits per heavy atom. The van der Waals surface area contributed by atoms with Crippen molar-refractivity contribution in [3.8, 4) is 11.5 Å². The van der Waals surface area contributed by atoms with Crippen molar-refractivity contribution in [1.29, 1.82) is 0 Å². The highest BCUT2D eigenvalue weighted by atomic mass is 32.2. The summed E-state index contributed by atoms with van der Waals surface area (Å²) >= 11 is -0.269. The van der Waals surface area contributed by atoms with Gasteiger partial charge in [-0.3, -0.25) is 14.8 Å². The number of thioether (sulfide) groups is 1. The number of nitrogens with one attached hydrogen (secondary N) is 1. The number of carbonyl (C=O) groups excluding carboxylic acids is 2. The number of anilines is 1. The van der Waals surface area contributed by atoms with Crippen LogP contribution in [0.5, 0.6) is 11.5 Å². The van der Waals surface area contributed by atoms with Gasteiger partial charge in [0, 0.05) is 52.0 Å². The van der Waals surface area contributed by atoms with Gasteiger partial charge in [-0.15, -0.1) is 0 Å². The third-order valence-corrected chi connectivity index (χ3v) is 9.41.